The van der Waals surface area contributed by atoms with Crippen LogP contribution in [0.4, 0.5) is 13.2 Å². The van der Waals surface area contributed by atoms with Gasteiger partial charge in [0.05, 0.1) is 12.2 Å². The van der Waals surface area contributed by atoms with E-state index < -0.39 is 11.7 Å². The maximum atomic E-state index is 12.4. The minimum atomic E-state index is -4.32. The van der Waals surface area contributed by atoms with Gasteiger partial charge in [-0.1, -0.05) is 0 Å². The Bertz CT molecular complexity index is 419. The molecule has 0 amide bonds. The summed E-state index contributed by atoms with van der Waals surface area (Å²) in [6, 6.07) is 4.71. The molecule has 0 radical (unpaired) electrons. The summed E-state index contributed by atoms with van der Waals surface area (Å²) in [5, 5.41) is 12.3. The van der Waals surface area contributed by atoms with E-state index in [9.17, 15) is 13.2 Å². The van der Waals surface area contributed by atoms with E-state index in [-0.39, 0.29) is 18.4 Å². The van der Waals surface area contributed by atoms with Gasteiger partial charge >= 0.3 is 6.18 Å². The zero-order valence-electron chi connectivity index (χ0n) is 11.0. The molecule has 0 saturated carbocycles. The number of ether oxygens (including phenoxy) is 1. The normalized spacial score (nSPS) is 23.6. The van der Waals surface area contributed by atoms with Crippen LogP contribution in [0.5, 0.6) is 5.75 Å². The van der Waals surface area contributed by atoms with Crippen LogP contribution < -0.4 is 10.1 Å². The van der Waals surface area contributed by atoms with E-state index in [1.165, 1.54) is 12.1 Å². The SMILES string of the molecule is OCC1CNCC(COc2ccc(C(F)(F)F)cc2)C1. The molecule has 1 saturated heterocycles. The molecule has 0 spiro atoms. The standard InChI is InChI=1S/C14H18F3NO2/c15-14(16,17)12-1-3-13(4-2-12)20-9-11-5-10(8-19)6-18-7-11/h1-4,10-11,18-19H,5-9H2. The molecule has 20 heavy (non-hydrogen) atoms. The van der Waals surface area contributed by atoms with E-state index in [0.29, 0.717) is 12.4 Å². The minimum absolute atomic E-state index is 0.143. The average molecular weight is 289 g/mol. The Morgan fingerprint density at radius 3 is 2.40 bits per heavy atom. The fourth-order valence-corrected chi connectivity index (χ4v) is 2.35. The van der Waals surface area contributed by atoms with Crippen LogP contribution in [0.1, 0.15) is 12.0 Å². The number of aliphatic hydroxyl groups excluding tert-OH is 1. The molecule has 2 rings (SSSR count). The molecule has 6 heteroatoms. The van der Waals surface area contributed by atoms with Crippen LogP contribution >= 0.6 is 0 Å². The van der Waals surface area contributed by atoms with Crippen LogP contribution in [0, 0.1) is 11.8 Å². The van der Waals surface area contributed by atoms with E-state index >= 15 is 0 Å². The summed E-state index contributed by atoms with van der Waals surface area (Å²) >= 11 is 0. The summed E-state index contributed by atoms with van der Waals surface area (Å²) in [5.74, 6) is 0.928. The summed E-state index contributed by atoms with van der Waals surface area (Å²) in [5.41, 5.74) is -0.676. The zero-order valence-corrected chi connectivity index (χ0v) is 11.0. The zero-order chi connectivity index (χ0) is 14.6. The van der Waals surface area contributed by atoms with Crippen molar-refractivity contribution in [1.29, 1.82) is 0 Å². The molecular weight excluding hydrogens is 271 g/mol. The molecule has 1 aromatic carbocycles. The molecule has 1 aromatic rings. The van der Waals surface area contributed by atoms with Gasteiger partial charge in [0.25, 0.3) is 0 Å². The minimum Gasteiger partial charge on any atom is -0.493 e. The average Bonchev–Trinajstić information content (AvgIpc) is 2.45. The number of rotatable bonds is 4. The van der Waals surface area contributed by atoms with Crippen LogP contribution in [0.15, 0.2) is 24.3 Å². The fourth-order valence-electron chi connectivity index (χ4n) is 2.35. The van der Waals surface area contributed by atoms with Crippen molar-refractivity contribution >= 4 is 0 Å². The highest BCUT2D eigenvalue weighted by atomic mass is 19.4. The molecule has 3 nitrogen and oxygen atoms in total. The van der Waals surface area contributed by atoms with Gasteiger partial charge in [0, 0.05) is 25.6 Å². The van der Waals surface area contributed by atoms with Gasteiger partial charge in [-0.25, -0.2) is 0 Å². The Balaban J connectivity index is 1.85. The molecule has 0 aliphatic carbocycles. The summed E-state index contributed by atoms with van der Waals surface area (Å²) in [6.45, 7) is 2.18. The Labute approximate surface area is 115 Å². The summed E-state index contributed by atoms with van der Waals surface area (Å²) in [4.78, 5) is 0. The van der Waals surface area contributed by atoms with Gasteiger partial charge in [-0.15, -0.1) is 0 Å². The quantitative estimate of drug-likeness (QED) is 0.893. The van der Waals surface area contributed by atoms with Gasteiger partial charge in [0.15, 0.2) is 0 Å². The van der Waals surface area contributed by atoms with Gasteiger partial charge in [0.2, 0.25) is 0 Å². The molecule has 1 fully saturated rings. The largest absolute Gasteiger partial charge is 0.493 e. The molecule has 2 unspecified atom stereocenters. The third-order valence-corrected chi connectivity index (χ3v) is 3.46. The Hall–Kier alpha value is -1.27. The highest BCUT2D eigenvalue weighted by Crippen LogP contribution is 2.30. The van der Waals surface area contributed by atoms with Crippen LogP contribution in [-0.2, 0) is 6.18 Å². The number of hydrogen-bond acceptors (Lipinski definition) is 3. The maximum Gasteiger partial charge on any atom is 0.416 e. The third-order valence-electron chi connectivity index (χ3n) is 3.46. The molecular formula is C14H18F3NO2. The first-order valence-corrected chi connectivity index (χ1v) is 6.60. The van der Waals surface area contributed by atoms with E-state index in [1.807, 2.05) is 0 Å². The van der Waals surface area contributed by atoms with Crippen molar-refractivity contribution < 1.29 is 23.0 Å². The van der Waals surface area contributed by atoms with E-state index in [2.05, 4.69) is 5.32 Å². The Morgan fingerprint density at radius 2 is 1.80 bits per heavy atom. The number of alkyl halides is 3. The molecule has 0 aromatic heterocycles. The van der Waals surface area contributed by atoms with Crippen molar-refractivity contribution in [1.82, 2.24) is 5.32 Å². The van der Waals surface area contributed by atoms with Crippen LogP contribution in [0.2, 0.25) is 0 Å². The lowest BCUT2D eigenvalue weighted by Crippen LogP contribution is -2.39. The molecule has 0 bridgehead atoms. The molecule has 1 aliphatic heterocycles. The highest BCUT2D eigenvalue weighted by molar-refractivity contribution is 5.28. The van der Waals surface area contributed by atoms with Crippen LogP contribution in [-0.4, -0.2) is 31.4 Å². The second-order valence-electron chi connectivity index (χ2n) is 5.14. The predicted octanol–water partition coefficient (Wildman–Crippen LogP) is 2.30. The first-order chi connectivity index (χ1) is 9.49. The summed E-state index contributed by atoms with van der Waals surface area (Å²) < 4.78 is 42.7. The smallest absolute Gasteiger partial charge is 0.416 e. The van der Waals surface area contributed by atoms with Crippen molar-refractivity contribution in [3.8, 4) is 5.75 Å². The maximum absolute atomic E-state index is 12.4. The van der Waals surface area contributed by atoms with Gasteiger partial charge in [-0.05, 0) is 36.6 Å². The number of piperidine rings is 1. The predicted molar refractivity (Wildman–Crippen MR) is 68.5 cm³/mol. The van der Waals surface area contributed by atoms with Gasteiger partial charge in [-0.2, -0.15) is 13.2 Å². The van der Waals surface area contributed by atoms with Crippen molar-refractivity contribution in [3.63, 3.8) is 0 Å². The third kappa shape index (κ3) is 4.11. The number of hydrogen-bond donors (Lipinski definition) is 2. The van der Waals surface area contributed by atoms with E-state index in [4.69, 9.17) is 9.84 Å². The topological polar surface area (TPSA) is 41.5 Å². The van der Waals surface area contributed by atoms with Gasteiger partial charge < -0.3 is 15.2 Å². The number of halogens is 3. The first kappa shape index (κ1) is 15.1. The molecule has 2 atom stereocenters. The highest BCUT2D eigenvalue weighted by Gasteiger charge is 2.30. The Kier molecular flexibility index (Phi) is 4.88. The first-order valence-electron chi connectivity index (χ1n) is 6.60. The lowest BCUT2D eigenvalue weighted by atomic mass is 9.92. The van der Waals surface area contributed by atoms with Crippen molar-refractivity contribution in [3.05, 3.63) is 29.8 Å². The molecule has 2 N–H and O–H groups in total. The van der Waals surface area contributed by atoms with Crippen LogP contribution in [0.25, 0.3) is 0 Å². The molecule has 1 aliphatic rings. The summed E-state index contributed by atoms with van der Waals surface area (Å²) in [6.07, 6.45) is -3.45. The monoisotopic (exact) mass is 289 g/mol. The Morgan fingerprint density at radius 1 is 1.15 bits per heavy atom. The van der Waals surface area contributed by atoms with Gasteiger partial charge in [0.1, 0.15) is 5.75 Å². The lowest BCUT2D eigenvalue weighted by molar-refractivity contribution is -0.137. The second kappa shape index (κ2) is 6.45. The molecule has 112 valence electrons. The van der Waals surface area contributed by atoms with Crippen molar-refractivity contribution in [2.24, 2.45) is 11.8 Å². The summed E-state index contributed by atoms with van der Waals surface area (Å²) in [7, 11) is 0. The molecule has 1 heterocycles. The van der Waals surface area contributed by atoms with Crippen LogP contribution in [0.3, 0.4) is 0 Å². The fraction of sp³-hybridized carbons (Fsp3) is 0.571. The second-order valence-corrected chi connectivity index (χ2v) is 5.14. The van der Waals surface area contributed by atoms with Gasteiger partial charge in [-0.3, -0.25) is 0 Å². The number of nitrogens with one attached hydrogen (secondary N) is 1. The lowest BCUT2D eigenvalue weighted by Gasteiger charge is -2.28. The van der Waals surface area contributed by atoms with Crippen molar-refractivity contribution in [2.45, 2.75) is 12.6 Å². The van der Waals surface area contributed by atoms with E-state index in [0.717, 1.165) is 31.6 Å². The van der Waals surface area contributed by atoms with Crippen molar-refractivity contribution in [2.75, 3.05) is 26.3 Å². The van der Waals surface area contributed by atoms with E-state index in [1.54, 1.807) is 0 Å². The number of benzene rings is 1. The number of aliphatic hydroxyl groups is 1.